The van der Waals surface area contributed by atoms with Crippen molar-refractivity contribution >= 4 is 44.8 Å². The Labute approximate surface area is 175 Å². The molecule has 28 heavy (non-hydrogen) atoms. The fourth-order valence-corrected chi connectivity index (χ4v) is 4.61. The van der Waals surface area contributed by atoms with Crippen LogP contribution in [0.5, 0.6) is 0 Å². The summed E-state index contributed by atoms with van der Waals surface area (Å²) in [6, 6.07) is 8.93. The predicted molar refractivity (Wildman–Crippen MR) is 110 cm³/mol. The Bertz CT molecular complexity index is 1040. The fourth-order valence-electron chi connectivity index (χ4n) is 2.29. The number of rotatable bonds is 6. The lowest BCUT2D eigenvalue weighted by Crippen LogP contribution is -2.13. The normalized spacial score (nSPS) is 13.0. The molecule has 148 valence electrons. The summed E-state index contributed by atoms with van der Waals surface area (Å²) in [6.07, 6.45) is -2.99. The zero-order valence-electron chi connectivity index (χ0n) is 14.6. The molecule has 4 nitrogen and oxygen atoms in total. The Hall–Kier alpha value is -1.75. The third-order valence-corrected chi connectivity index (χ3v) is 6.09. The molecule has 0 saturated carbocycles. The van der Waals surface area contributed by atoms with Crippen molar-refractivity contribution < 1.29 is 17.9 Å². The fraction of sp³-hybridized carbons (Fsp3) is 0.222. The number of thiazole rings is 1. The van der Waals surface area contributed by atoms with Crippen molar-refractivity contribution in [2.24, 2.45) is 10.1 Å². The van der Waals surface area contributed by atoms with E-state index in [-0.39, 0.29) is 0 Å². The quantitative estimate of drug-likeness (QED) is 0.333. The summed E-state index contributed by atoms with van der Waals surface area (Å²) in [5.74, 6) is 0. The molecular weight excluding hydrogens is 475 g/mol. The summed E-state index contributed by atoms with van der Waals surface area (Å²) in [7, 11) is 1.60. The van der Waals surface area contributed by atoms with Gasteiger partial charge in [0.2, 0.25) is 4.80 Å². The molecule has 0 unspecified atom stereocenters. The minimum absolute atomic E-state index is 0.356. The lowest BCUT2D eigenvalue weighted by molar-refractivity contribution is -0.137. The van der Waals surface area contributed by atoms with Crippen LogP contribution in [0.15, 0.2) is 55.7 Å². The highest BCUT2D eigenvalue weighted by Crippen LogP contribution is 2.32. The van der Waals surface area contributed by atoms with Gasteiger partial charge in [-0.1, -0.05) is 12.1 Å². The van der Waals surface area contributed by atoms with E-state index in [9.17, 15) is 13.2 Å². The topological polar surface area (TPSA) is 38.9 Å². The zero-order valence-corrected chi connectivity index (χ0v) is 17.8. The monoisotopic (exact) mass is 489 g/mol. The number of methoxy groups -OCH3 is 1. The SMILES string of the molecule is COCCN=c1scc(-c2ccc(Br)s2)n1/N=C\c1cccc(C(F)(F)F)c1. The molecule has 0 saturated heterocycles. The van der Waals surface area contributed by atoms with Crippen molar-refractivity contribution in [2.75, 3.05) is 20.3 Å². The summed E-state index contributed by atoms with van der Waals surface area (Å²) in [5.41, 5.74) is 0.467. The van der Waals surface area contributed by atoms with Gasteiger partial charge in [0.05, 0.1) is 39.3 Å². The molecule has 0 bridgehead atoms. The first kappa shape index (κ1) is 21.0. The second kappa shape index (κ2) is 9.17. The summed E-state index contributed by atoms with van der Waals surface area (Å²) in [4.78, 5) is 6.08. The highest BCUT2D eigenvalue weighted by Gasteiger charge is 2.30. The molecule has 0 aliphatic heterocycles. The van der Waals surface area contributed by atoms with E-state index in [4.69, 9.17) is 4.74 Å². The van der Waals surface area contributed by atoms with E-state index in [1.165, 1.54) is 35.0 Å². The van der Waals surface area contributed by atoms with Crippen LogP contribution in [-0.4, -0.2) is 31.2 Å². The third-order valence-electron chi connectivity index (χ3n) is 3.59. The second-order valence-corrected chi connectivity index (χ2v) is 8.86. The van der Waals surface area contributed by atoms with E-state index in [0.29, 0.717) is 23.5 Å². The number of hydrogen-bond acceptors (Lipinski definition) is 5. The summed E-state index contributed by atoms with van der Waals surface area (Å²) < 4.78 is 46.4. The minimum Gasteiger partial charge on any atom is -0.383 e. The Morgan fingerprint density at radius 2 is 2.07 bits per heavy atom. The number of halogens is 4. The molecule has 0 radical (unpaired) electrons. The Morgan fingerprint density at radius 1 is 1.25 bits per heavy atom. The van der Waals surface area contributed by atoms with Gasteiger partial charge in [0.25, 0.3) is 0 Å². The van der Waals surface area contributed by atoms with E-state index in [1.807, 2.05) is 17.5 Å². The van der Waals surface area contributed by atoms with Gasteiger partial charge >= 0.3 is 6.18 Å². The van der Waals surface area contributed by atoms with Gasteiger partial charge in [-0.25, -0.2) is 4.68 Å². The highest BCUT2D eigenvalue weighted by atomic mass is 79.9. The standard InChI is InChI=1S/C18H15BrF3N3OS2/c1-26-8-7-23-17-25(14(11-27-17)15-5-6-16(19)28-15)24-10-12-3-2-4-13(9-12)18(20,21)22/h2-6,9-11H,7-8H2,1H3/b23-17?,24-10-. The van der Waals surface area contributed by atoms with Crippen LogP contribution in [0.1, 0.15) is 11.1 Å². The van der Waals surface area contributed by atoms with Crippen LogP contribution in [-0.2, 0) is 10.9 Å². The van der Waals surface area contributed by atoms with Crippen molar-refractivity contribution in [3.05, 3.63) is 61.5 Å². The molecular formula is C18H15BrF3N3OS2. The molecule has 0 atom stereocenters. The lowest BCUT2D eigenvalue weighted by atomic mass is 10.1. The second-order valence-electron chi connectivity index (χ2n) is 5.56. The first-order chi connectivity index (χ1) is 13.4. The van der Waals surface area contributed by atoms with E-state index in [1.54, 1.807) is 17.9 Å². The van der Waals surface area contributed by atoms with Gasteiger partial charge in [-0.2, -0.15) is 18.3 Å². The van der Waals surface area contributed by atoms with Gasteiger partial charge in [0.1, 0.15) is 0 Å². The van der Waals surface area contributed by atoms with Crippen molar-refractivity contribution in [1.29, 1.82) is 0 Å². The van der Waals surface area contributed by atoms with E-state index >= 15 is 0 Å². The maximum absolute atomic E-state index is 12.9. The predicted octanol–water partition coefficient (Wildman–Crippen LogP) is 5.49. The van der Waals surface area contributed by atoms with Crippen molar-refractivity contribution in [3.63, 3.8) is 0 Å². The van der Waals surface area contributed by atoms with E-state index in [0.717, 1.165) is 26.5 Å². The maximum atomic E-state index is 12.9. The molecule has 1 aromatic carbocycles. The molecule has 10 heteroatoms. The molecule has 0 aliphatic carbocycles. The van der Waals surface area contributed by atoms with Crippen LogP contribution in [0.3, 0.4) is 0 Å². The van der Waals surface area contributed by atoms with Crippen molar-refractivity contribution in [3.8, 4) is 10.6 Å². The average Bonchev–Trinajstić information content (AvgIpc) is 3.26. The molecule has 0 spiro atoms. The molecule has 0 N–H and O–H groups in total. The molecule has 2 heterocycles. The number of hydrogen-bond donors (Lipinski definition) is 0. The Morgan fingerprint density at radius 3 is 2.75 bits per heavy atom. The summed E-state index contributed by atoms with van der Waals surface area (Å²) in [5, 5.41) is 6.34. The third kappa shape index (κ3) is 5.19. The van der Waals surface area contributed by atoms with Crippen LogP contribution >= 0.6 is 38.6 Å². The average molecular weight is 490 g/mol. The molecule has 3 aromatic rings. The van der Waals surface area contributed by atoms with E-state index < -0.39 is 11.7 Å². The summed E-state index contributed by atoms with van der Waals surface area (Å²) >= 11 is 6.39. The number of ether oxygens (including phenoxy) is 1. The largest absolute Gasteiger partial charge is 0.416 e. The van der Waals surface area contributed by atoms with Gasteiger partial charge in [-0.15, -0.1) is 22.7 Å². The van der Waals surface area contributed by atoms with Gasteiger partial charge in [-0.3, -0.25) is 4.99 Å². The molecule has 3 rings (SSSR count). The first-order valence-corrected chi connectivity index (χ1v) is 10.5. The number of benzene rings is 1. The van der Waals surface area contributed by atoms with Crippen LogP contribution in [0, 0.1) is 0 Å². The van der Waals surface area contributed by atoms with Crippen LogP contribution < -0.4 is 4.80 Å². The highest BCUT2D eigenvalue weighted by molar-refractivity contribution is 9.11. The van der Waals surface area contributed by atoms with Gasteiger partial charge in [0, 0.05) is 12.5 Å². The molecule has 0 amide bonds. The van der Waals surface area contributed by atoms with E-state index in [2.05, 4.69) is 26.0 Å². The first-order valence-electron chi connectivity index (χ1n) is 8.06. The molecule has 0 fully saturated rings. The van der Waals surface area contributed by atoms with Gasteiger partial charge in [-0.05, 0) is 45.8 Å². The smallest absolute Gasteiger partial charge is 0.383 e. The van der Waals surface area contributed by atoms with Crippen LogP contribution in [0.2, 0.25) is 0 Å². The minimum atomic E-state index is -4.39. The molecule has 2 aromatic heterocycles. The number of thiophene rings is 1. The number of alkyl halides is 3. The Kier molecular flexibility index (Phi) is 6.86. The lowest BCUT2D eigenvalue weighted by Gasteiger charge is -2.06. The van der Waals surface area contributed by atoms with Crippen LogP contribution in [0.25, 0.3) is 10.6 Å². The van der Waals surface area contributed by atoms with Crippen molar-refractivity contribution in [1.82, 2.24) is 4.68 Å². The van der Waals surface area contributed by atoms with Crippen LogP contribution in [0.4, 0.5) is 13.2 Å². The number of nitrogens with zero attached hydrogens (tertiary/aromatic N) is 3. The van der Waals surface area contributed by atoms with Crippen molar-refractivity contribution in [2.45, 2.75) is 6.18 Å². The summed E-state index contributed by atoms with van der Waals surface area (Å²) in [6.45, 7) is 0.929. The van der Waals surface area contributed by atoms with Gasteiger partial charge in [0.15, 0.2) is 0 Å². The maximum Gasteiger partial charge on any atom is 0.416 e. The zero-order chi connectivity index (χ0) is 20.1. The number of aromatic nitrogens is 1. The molecule has 0 aliphatic rings. The van der Waals surface area contributed by atoms with Gasteiger partial charge < -0.3 is 4.74 Å². The Balaban J connectivity index is 2.00.